The first kappa shape index (κ1) is 9.79. The lowest BCUT2D eigenvalue weighted by Crippen LogP contribution is -2.31. The van der Waals surface area contributed by atoms with Crippen LogP contribution in [0, 0.1) is 5.21 Å². The quantitative estimate of drug-likeness (QED) is 0.714. The van der Waals surface area contributed by atoms with E-state index in [0.29, 0.717) is 11.4 Å². The number of methoxy groups -OCH3 is 1. The Labute approximate surface area is 76.3 Å². The molecule has 0 aliphatic carbocycles. The molecule has 0 atom stereocenters. The van der Waals surface area contributed by atoms with Gasteiger partial charge < -0.3 is 15.2 Å². The molecule has 5 heteroatoms. The third-order valence-electron chi connectivity index (χ3n) is 1.70. The Kier molecular flexibility index (Phi) is 3.07. The Morgan fingerprint density at radius 3 is 2.23 bits per heavy atom. The maximum absolute atomic E-state index is 10.5. The van der Waals surface area contributed by atoms with Crippen LogP contribution in [0.3, 0.4) is 0 Å². The summed E-state index contributed by atoms with van der Waals surface area (Å²) in [6.07, 6.45) is 0. The monoisotopic (exact) mass is 183 g/mol. The summed E-state index contributed by atoms with van der Waals surface area (Å²) in [5, 5.41) is 19.9. The van der Waals surface area contributed by atoms with Crippen LogP contribution in [0.1, 0.15) is 0 Å². The lowest BCUT2D eigenvalue weighted by atomic mass is 10.3. The van der Waals surface area contributed by atoms with Gasteiger partial charge in [-0.2, -0.15) is 5.34 Å². The van der Waals surface area contributed by atoms with E-state index < -0.39 is 0 Å². The molecule has 0 bridgehead atoms. The molecule has 1 aromatic rings. The predicted molar refractivity (Wildman–Crippen MR) is 48.4 cm³/mol. The lowest BCUT2D eigenvalue weighted by Gasteiger charge is -2.32. The number of hydrazine groups is 1. The van der Waals surface area contributed by atoms with Crippen molar-refractivity contribution in [1.82, 2.24) is 5.34 Å². The Balaban J connectivity index is 2.79. The molecule has 13 heavy (non-hydrogen) atoms. The van der Waals surface area contributed by atoms with Gasteiger partial charge in [0.05, 0.1) is 12.8 Å². The number of nitrogens with zero attached hydrogens (tertiary/aromatic N) is 2. The number of benzene rings is 1. The van der Waals surface area contributed by atoms with Gasteiger partial charge in [0.25, 0.3) is 0 Å². The lowest BCUT2D eigenvalue weighted by molar-refractivity contribution is -0.0471. The highest BCUT2D eigenvalue weighted by atomic mass is 16.8. The molecule has 0 aliphatic rings. The van der Waals surface area contributed by atoms with Gasteiger partial charge in [-0.3, -0.25) is 5.01 Å². The third-order valence-corrected chi connectivity index (χ3v) is 1.70. The van der Waals surface area contributed by atoms with Crippen LogP contribution in [0.5, 0.6) is 5.75 Å². The zero-order chi connectivity index (χ0) is 9.84. The molecule has 0 aromatic heterocycles. The zero-order valence-corrected chi connectivity index (χ0v) is 7.47. The highest BCUT2D eigenvalue weighted by Crippen LogP contribution is 2.18. The van der Waals surface area contributed by atoms with Gasteiger partial charge in [0.2, 0.25) is 0 Å². The second-order valence-electron chi connectivity index (χ2n) is 2.47. The molecule has 0 amide bonds. The smallest absolute Gasteiger partial charge is 0.119 e. The summed E-state index contributed by atoms with van der Waals surface area (Å²) in [5.74, 6) is 0.701. The van der Waals surface area contributed by atoms with Crippen molar-refractivity contribution in [3.8, 4) is 5.75 Å². The standard InChI is InChI=1S/C8H11N2O3/c1-9(10(11)12)7-3-5-8(13-2)6-4-7/h3-6,11H,1-2H3/q-1. The van der Waals surface area contributed by atoms with E-state index in [1.165, 1.54) is 7.05 Å². The molecular weight excluding hydrogens is 172 g/mol. The minimum atomic E-state index is -0.234. The van der Waals surface area contributed by atoms with Crippen LogP contribution in [0.4, 0.5) is 5.69 Å². The van der Waals surface area contributed by atoms with Crippen LogP contribution in [0.15, 0.2) is 24.3 Å². The highest BCUT2D eigenvalue weighted by molar-refractivity contribution is 5.47. The molecule has 0 heterocycles. The Morgan fingerprint density at radius 2 is 1.85 bits per heavy atom. The Bertz CT molecular complexity index is 261. The van der Waals surface area contributed by atoms with Crippen molar-refractivity contribution < 1.29 is 9.94 Å². The summed E-state index contributed by atoms with van der Waals surface area (Å²) in [6.45, 7) is 0. The summed E-state index contributed by atoms with van der Waals surface area (Å²) in [6, 6.07) is 6.74. The van der Waals surface area contributed by atoms with Crippen molar-refractivity contribution >= 4 is 5.69 Å². The van der Waals surface area contributed by atoms with E-state index in [2.05, 4.69) is 0 Å². The van der Waals surface area contributed by atoms with Crippen molar-refractivity contribution in [2.75, 3.05) is 19.2 Å². The summed E-state index contributed by atoms with van der Waals surface area (Å²) in [4.78, 5) is 0. The van der Waals surface area contributed by atoms with Gasteiger partial charge in [-0.05, 0) is 24.3 Å². The molecular formula is C8H11N2O3-. The van der Waals surface area contributed by atoms with Crippen LogP contribution >= 0.6 is 0 Å². The molecule has 1 aromatic carbocycles. The fraction of sp³-hybridized carbons (Fsp3) is 0.250. The van der Waals surface area contributed by atoms with Crippen molar-refractivity contribution in [2.45, 2.75) is 0 Å². The summed E-state index contributed by atoms with van der Waals surface area (Å²) in [7, 11) is 3.01. The van der Waals surface area contributed by atoms with Crippen LogP contribution in [0.2, 0.25) is 0 Å². The molecule has 0 radical (unpaired) electrons. The molecule has 5 nitrogen and oxygen atoms in total. The van der Waals surface area contributed by atoms with E-state index in [9.17, 15) is 5.21 Å². The van der Waals surface area contributed by atoms with Crippen molar-refractivity contribution in [2.24, 2.45) is 0 Å². The van der Waals surface area contributed by atoms with E-state index in [0.717, 1.165) is 5.01 Å². The van der Waals surface area contributed by atoms with Crippen LogP contribution in [-0.4, -0.2) is 24.7 Å². The van der Waals surface area contributed by atoms with Crippen LogP contribution in [-0.2, 0) is 0 Å². The topological polar surface area (TPSA) is 59.0 Å². The molecule has 1 N–H and O–H groups in total. The minimum absolute atomic E-state index is 0.234. The zero-order valence-electron chi connectivity index (χ0n) is 7.47. The molecule has 0 unspecified atom stereocenters. The Hall–Kier alpha value is -1.30. The van der Waals surface area contributed by atoms with E-state index in [4.69, 9.17) is 9.94 Å². The number of hydrogen-bond donors (Lipinski definition) is 1. The first-order valence-electron chi connectivity index (χ1n) is 3.69. The van der Waals surface area contributed by atoms with Gasteiger partial charge in [0, 0.05) is 7.05 Å². The van der Waals surface area contributed by atoms with E-state index in [1.54, 1.807) is 31.4 Å². The van der Waals surface area contributed by atoms with Crippen molar-refractivity contribution in [3.63, 3.8) is 0 Å². The summed E-state index contributed by atoms with van der Waals surface area (Å²) < 4.78 is 4.94. The first-order chi connectivity index (χ1) is 6.15. The van der Waals surface area contributed by atoms with Crippen LogP contribution < -0.4 is 9.75 Å². The molecule has 72 valence electrons. The predicted octanol–water partition coefficient (Wildman–Crippen LogP) is 1.24. The van der Waals surface area contributed by atoms with E-state index in [-0.39, 0.29) is 5.34 Å². The van der Waals surface area contributed by atoms with Gasteiger partial charge in [-0.25, -0.2) is 0 Å². The van der Waals surface area contributed by atoms with Gasteiger partial charge in [0.1, 0.15) is 5.75 Å². The van der Waals surface area contributed by atoms with Gasteiger partial charge in [-0.15, -0.1) is 0 Å². The molecule has 0 aliphatic heterocycles. The van der Waals surface area contributed by atoms with Crippen molar-refractivity contribution in [3.05, 3.63) is 29.5 Å². The average molecular weight is 183 g/mol. The first-order valence-corrected chi connectivity index (χ1v) is 3.69. The summed E-state index contributed by atoms with van der Waals surface area (Å²) >= 11 is 0. The van der Waals surface area contributed by atoms with Gasteiger partial charge >= 0.3 is 0 Å². The fourth-order valence-corrected chi connectivity index (χ4v) is 0.897. The molecule has 0 saturated carbocycles. The molecule has 0 spiro atoms. The van der Waals surface area contributed by atoms with Gasteiger partial charge in [-0.1, -0.05) is 0 Å². The molecule has 1 rings (SSSR count). The molecule has 0 saturated heterocycles. The second-order valence-corrected chi connectivity index (χ2v) is 2.47. The largest absolute Gasteiger partial charge is 0.743 e. The van der Waals surface area contributed by atoms with E-state index in [1.807, 2.05) is 0 Å². The SMILES string of the molecule is COc1ccc(N(C)N([O-])O)cc1. The minimum Gasteiger partial charge on any atom is -0.743 e. The summed E-state index contributed by atoms with van der Waals surface area (Å²) in [5.41, 5.74) is 0.582. The number of anilines is 1. The number of rotatable bonds is 3. The fourth-order valence-electron chi connectivity index (χ4n) is 0.897. The number of hydrogen-bond acceptors (Lipinski definition) is 5. The maximum atomic E-state index is 10.5. The average Bonchev–Trinajstić information content (AvgIpc) is 2.17. The molecule has 0 fully saturated rings. The normalized spacial score (nSPS) is 10.2. The Morgan fingerprint density at radius 1 is 1.31 bits per heavy atom. The van der Waals surface area contributed by atoms with E-state index >= 15 is 0 Å². The van der Waals surface area contributed by atoms with Crippen LogP contribution in [0.25, 0.3) is 0 Å². The van der Waals surface area contributed by atoms with Gasteiger partial charge in [0.15, 0.2) is 0 Å². The second kappa shape index (κ2) is 4.08. The number of ether oxygens (including phenoxy) is 1. The maximum Gasteiger partial charge on any atom is 0.119 e. The third kappa shape index (κ3) is 2.32. The van der Waals surface area contributed by atoms with Crippen molar-refractivity contribution in [1.29, 1.82) is 0 Å². The highest BCUT2D eigenvalue weighted by Gasteiger charge is 2.00.